The summed E-state index contributed by atoms with van der Waals surface area (Å²) in [5.74, 6) is 5.08. The van der Waals surface area contributed by atoms with Crippen LogP contribution in [0.15, 0.2) is 127 Å². The van der Waals surface area contributed by atoms with Crippen LogP contribution in [0.2, 0.25) is 15.1 Å². The number of nitrogens with two attached hydrogens (primary N) is 2. The van der Waals surface area contributed by atoms with Crippen LogP contribution >= 0.6 is 57.4 Å². The van der Waals surface area contributed by atoms with Crippen LogP contribution in [0.4, 0.5) is 0 Å². The fraction of sp³-hybridized carbons (Fsp3) is 0.220. The molecule has 0 unspecified atom stereocenters. The van der Waals surface area contributed by atoms with E-state index in [0.29, 0.717) is 38.3 Å². The van der Waals surface area contributed by atoms with Gasteiger partial charge in [-0.2, -0.15) is 0 Å². The fourth-order valence-corrected chi connectivity index (χ4v) is 6.87. The summed E-state index contributed by atoms with van der Waals surface area (Å²) in [6.45, 7) is -0.0111. The number of methoxy groups -OCH3 is 5. The molecule has 0 spiro atoms. The number of carbonyl (C=O) groups excluding carboxylic acids is 3. The van der Waals surface area contributed by atoms with E-state index in [2.05, 4.69) is 38.0 Å². The Labute approximate surface area is 448 Å². The summed E-state index contributed by atoms with van der Waals surface area (Å²) >= 11 is 20.0. The Hall–Kier alpha value is -4.27. The molecule has 6 aromatic carbocycles. The summed E-state index contributed by atoms with van der Waals surface area (Å²) in [6.07, 6.45) is 3.29. The molecular formula is C50H55Cl3IN2NaO11. The Balaban J connectivity index is 0.000000896. The monoisotopic (exact) mass is 1110 g/mol. The van der Waals surface area contributed by atoms with E-state index in [0.717, 1.165) is 74.3 Å². The molecule has 13 nitrogen and oxygen atoms in total. The van der Waals surface area contributed by atoms with Crippen molar-refractivity contribution in [1.29, 1.82) is 0 Å². The van der Waals surface area contributed by atoms with Crippen molar-refractivity contribution in [1.82, 2.24) is 0 Å². The van der Waals surface area contributed by atoms with Gasteiger partial charge in [0.1, 0.15) is 23.9 Å². The number of aryl methyl sites for hydroxylation is 4. The molecule has 0 heterocycles. The van der Waals surface area contributed by atoms with E-state index in [9.17, 15) is 14.4 Å². The van der Waals surface area contributed by atoms with E-state index < -0.39 is 6.61 Å². The maximum atomic E-state index is 11.4. The molecule has 18 heteroatoms. The first-order valence-corrected chi connectivity index (χ1v) is 22.2. The van der Waals surface area contributed by atoms with Crippen LogP contribution < -0.4 is 55.4 Å². The Morgan fingerprint density at radius 3 is 1.16 bits per heavy atom. The van der Waals surface area contributed by atoms with Gasteiger partial charge < -0.3 is 45.2 Å². The third-order valence-corrected chi connectivity index (χ3v) is 10.8. The minimum Gasteiger partial charge on any atom is -0.870 e. The zero-order valence-electron chi connectivity index (χ0n) is 38.6. The van der Waals surface area contributed by atoms with Gasteiger partial charge >= 0.3 is 41.5 Å². The summed E-state index contributed by atoms with van der Waals surface area (Å²) in [6, 6.07) is 38.5. The Morgan fingerprint density at radius 1 is 0.515 bits per heavy atom. The number of carbonyl (C=O) groups is 3. The SMILES string of the molecule is COC(=O)c1ccc(CCc2cc(Cl)ccc2OC)cc1.COC(=O)c1ccc(I)cc1.COc1ccc(Cl)cc1CCc1ccc(C(=O)CO)cc1.COc1ccc(Cl)cc1CN.NO.[Na+].[OH-]. The number of hydrogen-bond acceptors (Lipinski definition) is 13. The van der Waals surface area contributed by atoms with Gasteiger partial charge in [-0.25, -0.2) is 15.5 Å². The van der Waals surface area contributed by atoms with Gasteiger partial charge in [-0.1, -0.05) is 71.2 Å². The van der Waals surface area contributed by atoms with E-state index in [1.807, 2.05) is 72.8 Å². The number of hydrogen-bond donors (Lipinski definition) is 4. The second kappa shape index (κ2) is 35.8. The van der Waals surface area contributed by atoms with E-state index >= 15 is 0 Å². The van der Waals surface area contributed by atoms with Crippen molar-refractivity contribution in [2.75, 3.05) is 42.2 Å². The summed E-state index contributed by atoms with van der Waals surface area (Å²) in [5, 5.41) is 17.4. The molecule has 0 atom stereocenters. The van der Waals surface area contributed by atoms with E-state index in [1.54, 1.807) is 75.9 Å². The van der Waals surface area contributed by atoms with Gasteiger partial charge in [-0.05, 0) is 162 Å². The van der Waals surface area contributed by atoms with E-state index in [1.165, 1.54) is 14.2 Å². The maximum Gasteiger partial charge on any atom is 1.00 e. The molecule has 0 aromatic heterocycles. The number of ether oxygens (including phenoxy) is 5. The molecule has 0 fully saturated rings. The smallest absolute Gasteiger partial charge is 0.870 e. The number of halogens is 4. The fourth-order valence-electron chi connectivity index (χ4n) is 5.93. The summed E-state index contributed by atoms with van der Waals surface area (Å²) in [7, 11) is 7.66. The molecule has 0 bridgehead atoms. The largest absolute Gasteiger partial charge is 1.00 e. The van der Waals surface area contributed by atoms with Crippen molar-refractivity contribution >= 4 is 75.1 Å². The Kier molecular flexibility index (Phi) is 33.5. The minimum absolute atomic E-state index is 0. The van der Waals surface area contributed by atoms with Crippen molar-refractivity contribution in [3.63, 3.8) is 0 Å². The average molecular weight is 1120 g/mol. The van der Waals surface area contributed by atoms with Crippen molar-refractivity contribution in [2.24, 2.45) is 11.6 Å². The van der Waals surface area contributed by atoms with Gasteiger partial charge in [0.05, 0.1) is 46.7 Å². The first-order chi connectivity index (χ1) is 31.8. The van der Waals surface area contributed by atoms with Crippen LogP contribution in [-0.2, 0) is 41.7 Å². The van der Waals surface area contributed by atoms with Crippen molar-refractivity contribution < 1.29 is 83.4 Å². The van der Waals surface area contributed by atoms with Gasteiger partial charge in [-0.3, -0.25) is 4.79 Å². The Bertz CT molecular complexity index is 2300. The minimum atomic E-state index is -0.459. The first-order valence-electron chi connectivity index (χ1n) is 20.0. The standard InChI is InChI=1S/2C17H17ClO3.C8H10ClNO.C8H7IO2.H3NO.Na.H2O/c1-20-16-10-9-15(18)11-14(16)8-5-12-3-6-13(7-4-12)17(19)21-2;1-21-17-9-8-15(18)10-14(17)7-4-12-2-5-13(6-3-12)16(20)11-19;1-11-8-3-2-7(9)4-6(8)5-10;1-11-8(10)6-2-4-7(9)5-3-6;1-2;;/h3-4,6-7,9-11H,5,8H2,1-2H3;2-3,5-6,8-10,19H,4,7,11H2,1H3;2-4H,5,10H2,1H3;2-5H,1H3;2H,1H2;;1H2/q;;;;;+1;/p-1. The number of aliphatic hydroxyl groups is 1. The molecule has 0 saturated carbocycles. The van der Waals surface area contributed by atoms with Crippen molar-refractivity contribution in [3.8, 4) is 17.2 Å². The molecule has 0 amide bonds. The maximum absolute atomic E-state index is 11.4. The first kappa shape index (κ1) is 63.7. The van der Waals surface area contributed by atoms with Crippen molar-refractivity contribution in [2.45, 2.75) is 32.2 Å². The molecule has 6 rings (SSSR count). The van der Waals surface area contributed by atoms with E-state index in [4.69, 9.17) is 65.1 Å². The molecule has 0 aliphatic heterocycles. The van der Waals surface area contributed by atoms with Crippen LogP contribution in [0, 0.1) is 3.57 Å². The number of aliphatic hydroxyl groups excluding tert-OH is 1. The Morgan fingerprint density at radius 2 is 0.838 bits per heavy atom. The van der Waals surface area contributed by atoms with Gasteiger partial charge in [-0.15, -0.1) is 0 Å². The summed E-state index contributed by atoms with van der Waals surface area (Å²) in [4.78, 5) is 33.6. The predicted octanol–water partition coefficient (Wildman–Crippen LogP) is 7.28. The van der Waals surface area contributed by atoms with E-state index in [-0.39, 0.29) is 52.8 Å². The zero-order valence-corrected chi connectivity index (χ0v) is 45.1. The van der Waals surface area contributed by atoms with Gasteiger partial charge in [0, 0.05) is 36.3 Å². The predicted molar refractivity (Wildman–Crippen MR) is 271 cm³/mol. The molecule has 360 valence electrons. The van der Waals surface area contributed by atoms with Crippen LogP contribution in [0.1, 0.15) is 58.9 Å². The van der Waals surface area contributed by atoms with Gasteiger partial charge in [0.2, 0.25) is 0 Å². The van der Waals surface area contributed by atoms with Crippen molar-refractivity contribution in [3.05, 3.63) is 191 Å². The average Bonchev–Trinajstić information content (AvgIpc) is 3.36. The van der Waals surface area contributed by atoms with Crippen LogP contribution in [0.25, 0.3) is 0 Å². The number of Topliss-reactive ketones (excluding diaryl/α,β-unsaturated/α-hetero) is 1. The summed E-state index contributed by atoms with van der Waals surface area (Å²) in [5.41, 5.74) is 12.5. The molecule has 7 N–H and O–H groups in total. The third-order valence-electron chi connectivity index (χ3n) is 9.37. The second-order valence-corrected chi connectivity index (χ2v) is 16.1. The third kappa shape index (κ3) is 22.4. The molecule has 0 aliphatic rings. The molecule has 6 aromatic rings. The summed E-state index contributed by atoms with van der Waals surface area (Å²) < 4.78 is 26.0. The molecule has 0 saturated heterocycles. The van der Waals surface area contributed by atoms with Gasteiger partial charge in [0.15, 0.2) is 5.78 Å². The quantitative estimate of drug-likeness (QED) is 0.0278. The number of rotatable bonds is 14. The van der Waals surface area contributed by atoms with Crippen LogP contribution in [0.3, 0.4) is 0 Å². The van der Waals surface area contributed by atoms with Crippen LogP contribution in [-0.4, -0.2) is 75.7 Å². The number of ketones is 1. The molecule has 68 heavy (non-hydrogen) atoms. The topological polar surface area (TPSA) is 220 Å². The normalized spacial score (nSPS) is 9.54. The van der Waals surface area contributed by atoms with Gasteiger partial charge in [0.25, 0.3) is 0 Å². The number of esters is 2. The number of benzene rings is 6. The molecule has 0 aliphatic carbocycles. The molecular weight excluding hydrogens is 1060 g/mol. The second-order valence-electron chi connectivity index (χ2n) is 13.5. The zero-order chi connectivity index (χ0) is 49.0. The molecule has 0 radical (unpaired) electrons. The van der Waals surface area contributed by atoms with Crippen LogP contribution in [0.5, 0.6) is 17.2 Å².